The molecular formula is C11H20N2O. The highest BCUT2D eigenvalue weighted by molar-refractivity contribution is 5.20. The Bertz CT molecular complexity index is 281. The predicted octanol–water partition coefficient (Wildman–Crippen LogP) is 1.76. The van der Waals surface area contributed by atoms with Crippen LogP contribution in [-0.2, 0) is 13.1 Å². The maximum Gasteiger partial charge on any atom is 0.118 e. The van der Waals surface area contributed by atoms with Crippen molar-refractivity contribution in [1.82, 2.24) is 10.2 Å². The Labute approximate surface area is 86.1 Å². The normalized spacial score (nSPS) is 11.2. The summed E-state index contributed by atoms with van der Waals surface area (Å²) < 4.78 is 5.66. The van der Waals surface area contributed by atoms with Crippen molar-refractivity contribution in [2.45, 2.75) is 26.9 Å². The minimum atomic E-state index is 0.880. The van der Waals surface area contributed by atoms with Crippen LogP contribution in [-0.4, -0.2) is 25.5 Å². The van der Waals surface area contributed by atoms with Gasteiger partial charge < -0.3 is 9.73 Å². The van der Waals surface area contributed by atoms with Gasteiger partial charge in [-0.3, -0.25) is 4.90 Å². The number of nitrogens with one attached hydrogen (secondary N) is 1. The van der Waals surface area contributed by atoms with Crippen LogP contribution in [0.5, 0.6) is 0 Å². The molecule has 14 heavy (non-hydrogen) atoms. The molecular weight excluding hydrogens is 176 g/mol. The van der Waals surface area contributed by atoms with Crippen LogP contribution in [0.3, 0.4) is 0 Å². The lowest BCUT2D eigenvalue weighted by Gasteiger charge is -2.10. The van der Waals surface area contributed by atoms with Gasteiger partial charge in [0, 0.05) is 12.1 Å². The topological polar surface area (TPSA) is 28.4 Å². The van der Waals surface area contributed by atoms with E-state index in [1.54, 1.807) is 0 Å². The quantitative estimate of drug-likeness (QED) is 0.778. The summed E-state index contributed by atoms with van der Waals surface area (Å²) in [7, 11) is 4.04. The van der Waals surface area contributed by atoms with Crippen LogP contribution in [0.25, 0.3) is 0 Å². The van der Waals surface area contributed by atoms with Gasteiger partial charge in [-0.2, -0.15) is 0 Å². The first-order chi connectivity index (χ1) is 6.67. The molecule has 0 saturated heterocycles. The van der Waals surface area contributed by atoms with E-state index >= 15 is 0 Å². The van der Waals surface area contributed by atoms with Gasteiger partial charge in [-0.05, 0) is 33.6 Å². The van der Waals surface area contributed by atoms with E-state index in [9.17, 15) is 0 Å². The molecule has 0 aliphatic carbocycles. The summed E-state index contributed by atoms with van der Waals surface area (Å²) >= 11 is 0. The first kappa shape index (κ1) is 11.3. The third kappa shape index (κ3) is 2.86. The second-order valence-corrected chi connectivity index (χ2v) is 3.65. The maximum atomic E-state index is 5.66. The molecule has 1 aromatic rings. The van der Waals surface area contributed by atoms with Crippen molar-refractivity contribution in [2.24, 2.45) is 0 Å². The van der Waals surface area contributed by atoms with Gasteiger partial charge >= 0.3 is 0 Å². The Balaban J connectivity index is 2.65. The summed E-state index contributed by atoms with van der Waals surface area (Å²) in [6.07, 6.45) is 0. The summed E-state index contributed by atoms with van der Waals surface area (Å²) in [5.74, 6) is 2.08. The lowest BCUT2D eigenvalue weighted by atomic mass is 10.2. The maximum absolute atomic E-state index is 5.66. The third-order valence-electron chi connectivity index (χ3n) is 2.40. The number of furan rings is 1. The molecule has 3 heteroatoms. The van der Waals surface area contributed by atoms with Gasteiger partial charge in [0.1, 0.15) is 11.5 Å². The van der Waals surface area contributed by atoms with Crippen LogP contribution in [0.1, 0.15) is 24.0 Å². The minimum absolute atomic E-state index is 0.880. The number of hydrogen-bond donors (Lipinski definition) is 1. The first-order valence-electron chi connectivity index (χ1n) is 5.08. The fourth-order valence-electron chi connectivity index (χ4n) is 1.41. The Kier molecular flexibility index (Phi) is 4.17. The Morgan fingerprint density at radius 3 is 2.79 bits per heavy atom. The van der Waals surface area contributed by atoms with Crippen molar-refractivity contribution in [3.63, 3.8) is 0 Å². The molecule has 0 aliphatic rings. The largest absolute Gasteiger partial charge is 0.465 e. The van der Waals surface area contributed by atoms with E-state index in [-0.39, 0.29) is 0 Å². The highest BCUT2D eigenvalue weighted by atomic mass is 16.3. The zero-order valence-electron chi connectivity index (χ0n) is 9.55. The second-order valence-electron chi connectivity index (χ2n) is 3.65. The third-order valence-corrected chi connectivity index (χ3v) is 2.40. The van der Waals surface area contributed by atoms with Gasteiger partial charge in [0.15, 0.2) is 0 Å². The van der Waals surface area contributed by atoms with Crippen molar-refractivity contribution in [3.05, 3.63) is 23.2 Å². The van der Waals surface area contributed by atoms with E-state index in [0.717, 1.165) is 31.2 Å². The molecule has 0 bridgehead atoms. The SMILES string of the molecule is CCN(C)Cc1cc(CNC)c(C)o1. The summed E-state index contributed by atoms with van der Waals surface area (Å²) in [5, 5.41) is 3.13. The van der Waals surface area contributed by atoms with Crippen molar-refractivity contribution in [1.29, 1.82) is 0 Å². The van der Waals surface area contributed by atoms with Gasteiger partial charge in [0.25, 0.3) is 0 Å². The number of aryl methyl sites for hydroxylation is 1. The fourth-order valence-corrected chi connectivity index (χ4v) is 1.41. The summed E-state index contributed by atoms with van der Waals surface area (Å²) in [6, 6.07) is 2.14. The van der Waals surface area contributed by atoms with Crippen LogP contribution in [0, 0.1) is 6.92 Å². The van der Waals surface area contributed by atoms with Gasteiger partial charge in [0.2, 0.25) is 0 Å². The van der Waals surface area contributed by atoms with Crippen molar-refractivity contribution >= 4 is 0 Å². The molecule has 1 aromatic heterocycles. The van der Waals surface area contributed by atoms with Crippen LogP contribution in [0.15, 0.2) is 10.5 Å². The van der Waals surface area contributed by atoms with Gasteiger partial charge in [0.05, 0.1) is 6.54 Å². The number of hydrogen-bond acceptors (Lipinski definition) is 3. The number of nitrogens with zero attached hydrogens (tertiary/aromatic N) is 1. The smallest absolute Gasteiger partial charge is 0.118 e. The minimum Gasteiger partial charge on any atom is -0.465 e. The summed E-state index contributed by atoms with van der Waals surface area (Å²) in [5.41, 5.74) is 1.26. The molecule has 0 unspecified atom stereocenters. The van der Waals surface area contributed by atoms with E-state index < -0.39 is 0 Å². The molecule has 0 atom stereocenters. The van der Waals surface area contributed by atoms with Crippen molar-refractivity contribution in [3.8, 4) is 0 Å². The Morgan fingerprint density at radius 2 is 2.21 bits per heavy atom. The highest BCUT2D eigenvalue weighted by Crippen LogP contribution is 2.15. The second kappa shape index (κ2) is 5.17. The zero-order chi connectivity index (χ0) is 10.6. The van der Waals surface area contributed by atoms with E-state index in [2.05, 4.69) is 30.3 Å². The van der Waals surface area contributed by atoms with E-state index in [1.165, 1.54) is 5.56 Å². The molecule has 0 amide bonds. The molecule has 3 nitrogen and oxygen atoms in total. The molecule has 0 radical (unpaired) electrons. The lowest BCUT2D eigenvalue weighted by molar-refractivity contribution is 0.306. The van der Waals surface area contributed by atoms with E-state index in [0.29, 0.717) is 0 Å². The first-order valence-corrected chi connectivity index (χ1v) is 5.08. The van der Waals surface area contributed by atoms with Gasteiger partial charge in [-0.25, -0.2) is 0 Å². The Hall–Kier alpha value is -0.800. The molecule has 80 valence electrons. The standard InChI is InChI=1S/C11H20N2O/c1-5-13(4)8-11-6-10(7-12-3)9(2)14-11/h6,12H,5,7-8H2,1-4H3. The average Bonchev–Trinajstić information content (AvgIpc) is 2.47. The molecule has 1 heterocycles. The Morgan fingerprint density at radius 1 is 1.50 bits per heavy atom. The van der Waals surface area contributed by atoms with Gasteiger partial charge in [-0.1, -0.05) is 6.92 Å². The van der Waals surface area contributed by atoms with Crippen molar-refractivity contribution < 1.29 is 4.42 Å². The van der Waals surface area contributed by atoms with Crippen LogP contribution in [0.2, 0.25) is 0 Å². The highest BCUT2D eigenvalue weighted by Gasteiger charge is 2.07. The lowest BCUT2D eigenvalue weighted by Crippen LogP contribution is -2.16. The predicted molar refractivity (Wildman–Crippen MR) is 58.2 cm³/mol. The van der Waals surface area contributed by atoms with Crippen molar-refractivity contribution in [2.75, 3.05) is 20.6 Å². The molecule has 0 saturated carbocycles. The molecule has 0 aromatic carbocycles. The van der Waals surface area contributed by atoms with Gasteiger partial charge in [-0.15, -0.1) is 0 Å². The average molecular weight is 196 g/mol. The molecule has 0 aliphatic heterocycles. The summed E-state index contributed by atoms with van der Waals surface area (Å²) in [6.45, 7) is 6.97. The van der Waals surface area contributed by atoms with E-state index in [4.69, 9.17) is 4.42 Å². The number of rotatable bonds is 5. The monoisotopic (exact) mass is 196 g/mol. The van der Waals surface area contributed by atoms with E-state index in [1.807, 2.05) is 14.0 Å². The van der Waals surface area contributed by atoms with Crippen LogP contribution >= 0.6 is 0 Å². The summed E-state index contributed by atoms with van der Waals surface area (Å²) in [4.78, 5) is 2.22. The molecule has 1 N–H and O–H groups in total. The molecule has 0 fully saturated rings. The van der Waals surface area contributed by atoms with Crippen LogP contribution in [0.4, 0.5) is 0 Å². The zero-order valence-corrected chi connectivity index (χ0v) is 9.55. The molecule has 1 rings (SSSR count). The fraction of sp³-hybridized carbons (Fsp3) is 0.636. The van der Waals surface area contributed by atoms with Crippen LogP contribution < -0.4 is 5.32 Å². The molecule has 0 spiro atoms.